The summed E-state index contributed by atoms with van der Waals surface area (Å²) in [6, 6.07) is 8.12. The van der Waals surface area contributed by atoms with Crippen molar-refractivity contribution >= 4 is 11.6 Å². The van der Waals surface area contributed by atoms with Gasteiger partial charge in [-0.05, 0) is 51.3 Å². The molecule has 3 heteroatoms. The van der Waals surface area contributed by atoms with Gasteiger partial charge < -0.3 is 10.6 Å². The lowest BCUT2D eigenvalue weighted by atomic mass is 10.0. The Labute approximate surface area is 109 Å². The van der Waals surface area contributed by atoms with Crippen molar-refractivity contribution in [3.05, 3.63) is 29.8 Å². The number of benzene rings is 1. The molecular formula is C15H22N2O. The monoisotopic (exact) mass is 246 g/mol. The molecule has 0 radical (unpaired) electrons. The van der Waals surface area contributed by atoms with Crippen molar-refractivity contribution in [2.45, 2.75) is 51.6 Å². The van der Waals surface area contributed by atoms with Gasteiger partial charge in [0.1, 0.15) is 0 Å². The third-order valence-electron chi connectivity index (χ3n) is 3.40. The summed E-state index contributed by atoms with van der Waals surface area (Å²) in [5, 5.41) is 6.46. The molecule has 0 spiro atoms. The first-order valence-corrected chi connectivity index (χ1v) is 6.69. The Bertz CT molecular complexity index is 436. The lowest BCUT2D eigenvalue weighted by Crippen LogP contribution is -2.30. The molecule has 1 aliphatic rings. The molecule has 0 heterocycles. The molecule has 0 saturated heterocycles. The highest BCUT2D eigenvalue weighted by Crippen LogP contribution is 2.21. The van der Waals surface area contributed by atoms with E-state index in [4.69, 9.17) is 0 Å². The summed E-state index contributed by atoms with van der Waals surface area (Å²) in [6.45, 7) is 6.46. The van der Waals surface area contributed by atoms with E-state index < -0.39 is 0 Å². The highest BCUT2D eigenvalue weighted by molar-refractivity contribution is 5.95. The van der Waals surface area contributed by atoms with E-state index in [0.717, 1.165) is 30.5 Å². The number of rotatable bonds is 5. The van der Waals surface area contributed by atoms with Crippen LogP contribution in [0.1, 0.15) is 50.4 Å². The summed E-state index contributed by atoms with van der Waals surface area (Å²) in [5.74, 6) is 0.0375. The van der Waals surface area contributed by atoms with Crippen molar-refractivity contribution in [1.82, 2.24) is 5.32 Å². The molecule has 0 aromatic heterocycles. The second-order valence-corrected chi connectivity index (χ2v) is 5.69. The smallest absolute Gasteiger partial charge is 0.251 e. The Kier molecular flexibility index (Phi) is 3.60. The van der Waals surface area contributed by atoms with E-state index in [1.807, 2.05) is 24.3 Å². The number of nitrogens with one attached hydrogen (secondary N) is 2. The van der Waals surface area contributed by atoms with Crippen LogP contribution in [0.2, 0.25) is 0 Å². The maximum absolute atomic E-state index is 11.9. The van der Waals surface area contributed by atoms with Gasteiger partial charge in [-0.2, -0.15) is 0 Å². The van der Waals surface area contributed by atoms with E-state index >= 15 is 0 Å². The first-order valence-electron chi connectivity index (χ1n) is 6.69. The summed E-state index contributed by atoms with van der Waals surface area (Å²) in [5.41, 5.74) is 1.79. The molecule has 2 rings (SSSR count). The number of hydrogen-bond acceptors (Lipinski definition) is 2. The van der Waals surface area contributed by atoms with Crippen LogP contribution in [0.15, 0.2) is 24.3 Å². The zero-order valence-electron chi connectivity index (χ0n) is 11.4. The molecule has 0 bridgehead atoms. The van der Waals surface area contributed by atoms with Gasteiger partial charge in [0, 0.05) is 22.8 Å². The van der Waals surface area contributed by atoms with Crippen molar-refractivity contribution < 1.29 is 4.79 Å². The summed E-state index contributed by atoms with van der Waals surface area (Å²) in [7, 11) is 0. The SMILES string of the molecule is CCC(C)(C)Nc1cccc(C(=O)NC2CC2)c1. The second kappa shape index (κ2) is 5.01. The third kappa shape index (κ3) is 3.49. The molecule has 2 N–H and O–H groups in total. The first-order chi connectivity index (χ1) is 8.50. The van der Waals surface area contributed by atoms with E-state index in [0.29, 0.717) is 6.04 Å². The molecule has 0 unspecified atom stereocenters. The van der Waals surface area contributed by atoms with E-state index in [1.54, 1.807) is 0 Å². The molecule has 3 nitrogen and oxygen atoms in total. The molecule has 1 amide bonds. The van der Waals surface area contributed by atoms with Gasteiger partial charge in [0.15, 0.2) is 0 Å². The van der Waals surface area contributed by atoms with Crippen molar-refractivity contribution in [3.63, 3.8) is 0 Å². The fourth-order valence-electron chi connectivity index (χ4n) is 1.71. The molecular weight excluding hydrogens is 224 g/mol. The average molecular weight is 246 g/mol. The molecule has 1 aliphatic carbocycles. The fourth-order valence-corrected chi connectivity index (χ4v) is 1.71. The predicted octanol–water partition coefficient (Wildman–Crippen LogP) is 3.18. The number of carbonyl (C=O) groups excluding carboxylic acids is 1. The topological polar surface area (TPSA) is 41.1 Å². The average Bonchev–Trinajstić information content (AvgIpc) is 3.13. The lowest BCUT2D eigenvalue weighted by Gasteiger charge is -2.26. The van der Waals surface area contributed by atoms with Crippen molar-refractivity contribution in [2.24, 2.45) is 0 Å². The highest BCUT2D eigenvalue weighted by Gasteiger charge is 2.24. The van der Waals surface area contributed by atoms with Crippen LogP contribution in [-0.4, -0.2) is 17.5 Å². The fraction of sp³-hybridized carbons (Fsp3) is 0.533. The summed E-state index contributed by atoms with van der Waals surface area (Å²) >= 11 is 0. The highest BCUT2D eigenvalue weighted by atomic mass is 16.1. The number of anilines is 1. The molecule has 0 atom stereocenters. The molecule has 0 aliphatic heterocycles. The van der Waals surface area contributed by atoms with Gasteiger partial charge in [0.2, 0.25) is 0 Å². The lowest BCUT2D eigenvalue weighted by molar-refractivity contribution is 0.0951. The number of amides is 1. The van der Waals surface area contributed by atoms with Gasteiger partial charge in [-0.25, -0.2) is 0 Å². The first kappa shape index (κ1) is 12.9. The molecule has 18 heavy (non-hydrogen) atoms. The summed E-state index contributed by atoms with van der Waals surface area (Å²) < 4.78 is 0. The summed E-state index contributed by atoms with van der Waals surface area (Å²) in [4.78, 5) is 11.9. The largest absolute Gasteiger partial charge is 0.380 e. The zero-order valence-corrected chi connectivity index (χ0v) is 11.4. The van der Waals surface area contributed by atoms with E-state index in [-0.39, 0.29) is 11.4 Å². The Balaban J connectivity index is 2.06. The molecule has 1 fully saturated rings. The van der Waals surface area contributed by atoms with E-state index in [1.165, 1.54) is 0 Å². The van der Waals surface area contributed by atoms with Crippen LogP contribution in [-0.2, 0) is 0 Å². The van der Waals surface area contributed by atoms with Crippen LogP contribution in [0, 0.1) is 0 Å². The van der Waals surface area contributed by atoms with E-state index in [2.05, 4.69) is 31.4 Å². The van der Waals surface area contributed by atoms with Gasteiger partial charge >= 0.3 is 0 Å². The molecule has 1 aromatic rings. The molecule has 1 saturated carbocycles. The van der Waals surface area contributed by atoms with Crippen molar-refractivity contribution in [2.75, 3.05) is 5.32 Å². The third-order valence-corrected chi connectivity index (χ3v) is 3.40. The molecule has 1 aromatic carbocycles. The van der Waals surface area contributed by atoms with Crippen molar-refractivity contribution in [3.8, 4) is 0 Å². The van der Waals surface area contributed by atoms with Crippen LogP contribution in [0.3, 0.4) is 0 Å². The van der Waals surface area contributed by atoms with Crippen molar-refractivity contribution in [1.29, 1.82) is 0 Å². The van der Waals surface area contributed by atoms with Crippen LogP contribution >= 0.6 is 0 Å². The minimum Gasteiger partial charge on any atom is -0.380 e. The maximum atomic E-state index is 11.9. The minimum atomic E-state index is 0.0375. The second-order valence-electron chi connectivity index (χ2n) is 5.69. The van der Waals surface area contributed by atoms with Crippen LogP contribution in [0.25, 0.3) is 0 Å². The Morgan fingerprint density at radius 3 is 2.72 bits per heavy atom. The van der Waals surface area contributed by atoms with E-state index in [9.17, 15) is 4.79 Å². The van der Waals surface area contributed by atoms with Gasteiger partial charge in [0.25, 0.3) is 5.91 Å². The van der Waals surface area contributed by atoms with Crippen LogP contribution < -0.4 is 10.6 Å². The van der Waals surface area contributed by atoms with Gasteiger partial charge in [-0.3, -0.25) is 4.79 Å². The van der Waals surface area contributed by atoms with Crippen LogP contribution in [0.5, 0.6) is 0 Å². The Hall–Kier alpha value is -1.51. The maximum Gasteiger partial charge on any atom is 0.251 e. The Morgan fingerprint density at radius 1 is 1.39 bits per heavy atom. The van der Waals surface area contributed by atoms with Gasteiger partial charge in [-0.1, -0.05) is 13.0 Å². The number of hydrogen-bond donors (Lipinski definition) is 2. The van der Waals surface area contributed by atoms with Gasteiger partial charge in [0.05, 0.1) is 0 Å². The quantitative estimate of drug-likeness (QED) is 0.837. The normalized spacial score (nSPS) is 15.3. The number of carbonyl (C=O) groups is 1. The minimum absolute atomic E-state index is 0.0375. The van der Waals surface area contributed by atoms with Crippen LogP contribution in [0.4, 0.5) is 5.69 Å². The predicted molar refractivity (Wildman–Crippen MR) is 74.9 cm³/mol. The zero-order chi connectivity index (χ0) is 13.2. The Morgan fingerprint density at radius 2 is 2.11 bits per heavy atom. The summed E-state index contributed by atoms with van der Waals surface area (Å²) in [6.07, 6.45) is 3.27. The van der Waals surface area contributed by atoms with Gasteiger partial charge in [-0.15, -0.1) is 0 Å². The standard InChI is InChI=1S/C15H22N2O/c1-4-15(2,3)17-13-7-5-6-11(10-13)14(18)16-12-8-9-12/h5-7,10,12,17H,4,8-9H2,1-3H3,(H,16,18). The molecule has 98 valence electrons.